The van der Waals surface area contributed by atoms with Crippen molar-refractivity contribution >= 4 is 11.6 Å². The first-order valence-electron chi connectivity index (χ1n) is 11.8. The average Bonchev–Trinajstić information content (AvgIpc) is 3.29. The molecule has 3 N–H and O–H groups in total. The van der Waals surface area contributed by atoms with Gasteiger partial charge in [-0.05, 0) is 36.2 Å². The summed E-state index contributed by atoms with van der Waals surface area (Å²) in [6, 6.07) is 22.5. The van der Waals surface area contributed by atoms with Crippen molar-refractivity contribution in [3.05, 3.63) is 89.2 Å². The number of rotatable bonds is 8. The number of para-hydroxylation sites is 1. The number of fused-ring (bicyclic) bond motifs is 1. The van der Waals surface area contributed by atoms with E-state index in [9.17, 15) is 15.3 Å². The molecule has 0 bridgehead atoms. The summed E-state index contributed by atoms with van der Waals surface area (Å²) in [5.74, 6) is 0.972. The molecule has 5 rings (SSSR count). The average molecular weight is 497 g/mol. The van der Waals surface area contributed by atoms with E-state index < -0.39 is 23.9 Å². The van der Waals surface area contributed by atoms with Crippen molar-refractivity contribution in [3.63, 3.8) is 0 Å². The number of hydrogen-bond donors (Lipinski definition) is 3. The Morgan fingerprint density at radius 2 is 1.77 bits per heavy atom. The van der Waals surface area contributed by atoms with Crippen LogP contribution in [-0.4, -0.2) is 62.6 Å². The Balaban J connectivity index is 1.17. The highest BCUT2D eigenvalue weighted by Gasteiger charge is 2.59. The van der Waals surface area contributed by atoms with Gasteiger partial charge in [-0.25, -0.2) is 4.98 Å². The van der Waals surface area contributed by atoms with Crippen LogP contribution in [0.25, 0.3) is 0 Å². The SMILES string of the molecule is O[C@@H](CN1C[C@H]2C[C@H](Oc3ccccc3)[C@H](O)[C@@]2(O)C1)c1ccc(OCc2ccccc2)c(Cl)n1. The number of hydrogen-bond acceptors (Lipinski definition) is 7. The van der Waals surface area contributed by atoms with E-state index in [1.807, 2.05) is 65.6 Å². The molecule has 1 aromatic heterocycles. The van der Waals surface area contributed by atoms with Crippen molar-refractivity contribution in [2.45, 2.75) is 36.9 Å². The number of ether oxygens (including phenoxy) is 2. The van der Waals surface area contributed by atoms with Gasteiger partial charge in [-0.2, -0.15) is 0 Å². The molecule has 2 heterocycles. The highest BCUT2D eigenvalue weighted by atomic mass is 35.5. The molecule has 1 saturated carbocycles. The highest BCUT2D eigenvalue weighted by molar-refractivity contribution is 6.30. The summed E-state index contributed by atoms with van der Waals surface area (Å²) in [7, 11) is 0. The quantitative estimate of drug-likeness (QED) is 0.412. The molecule has 2 fully saturated rings. The first-order valence-corrected chi connectivity index (χ1v) is 12.2. The standard InChI is InChI=1S/C27H29ClN2O5/c28-26-23(34-16-18-7-3-1-4-8-18)12-11-21(29-26)22(31)15-30-14-19-13-24(25(32)27(19,33)17-30)35-20-9-5-2-6-10-20/h1-12,19,22,24-25,31-33H,13-17H2/t19-,22+,24+,25+,27-/m1/s1. The maximum absolute atomic E-state index is 11.2. The van der Waals surface area contributed by atoms with E-state index in [0.29, 0.717) is 36.8 Å². The normalized spacial score (nSPS) is 26.9. The molecule has 3 aromatic rings. The van der Waals surface area contributed by atoms with Crippen LogP contribution in [0.3, 0.4) is 0 Å². The number of aliphatic hydroxyl groups excluding tert-OH is 2. The molecule has 0 spiro atoms. The number of halogens is 1. The monoisotopic (exact) mass is 496 g/mol. The number of aliphatic hydroxyl groups is 3. The molecule has 1 saturated heterocycles. The Hall–Kier alpha value is -2.68. The third-order valence-corrected chi connectivity index (χ3v) is 7.19. The van der Waals surface area contributed by atoms with E-state index in [0.717, 1.165) is 5.56 Å². The lowest BCUT2D eigenvalue weighted by atomic mass is 9.93. The summed E-state index contributed by atoms with van der Waals surface area (Å²) in [5, 5.41) is 33.0. The van der Waals surface area contributed by atoms with Gasteiger partial charge in [0, 0.05) is 25.6 Å². The summed E-state index contributed by atoms with van der Waals surface area (Å²) in [4.78, 5) is 6.27. The van der Waals surface area contributed by atoms with E-state index >= 15 is 0 Å². The molecule has 2 aliphatic rings. The largest absolute Gasteiger partial charge is 0.488 e. The van der Waals surface area contributed by atoms with Crippen molar-refractivity contribution < 1.29 is 24.8 Å². The molecule has 0 radical (unpaired) electrons. The minimum absolute atomic E-state index is 0.149. The van der Waals surface area contributed by atoms with Crippen LogP contribution in [0.2, 0.25) is 5.15 Å². The molecule has 7 nitrogen and oxygen atoms in total. The summed E-state index contributed by atoms with van der Waals surface area (Å²) >= 11 is 6.31. The lowest BCUT2D eigenvalue weighted by Gasteiger charge is -2.29. The van der Waals surface area contributed by atoms with Crippen LogP contribution in [-0.2, 0) is 6.61 Å². The van der Waals surface area contributed by atoms with Crippen LogP contribution in [0, 0.1) is 5.92 Å². The number of β-amino-alcohol motifs (C(OH)–C–C–N with tert-alkyl or cyclic N) is 2. The second-order valence-corrected chi connectivity index (χ2v) is 9.71. The molecular formula is C27H29ClN2O5. The number of likely N-dealkylation sites (tertiary alicyclic amines) is 1. The van der Waals surface area contributed by atoms with Crippen LogP contribution in [0.1, 0.15) is 23.8 Å². The summed E-state index contributed by atoms with van der Waals surface area (Å²) in [6.45, 7) is 1.43. The van der Waals surface area contributed by atoms with Gasteiger partial charge in [0.2, 0.25) is 0 Å². The van der Waals surface area contributed by atoms with Gasteiger partial charge in [-0.3, -0.25) is 4.90 Å². The van der Waals surface area contributed by atoms with E-state index in [2.05, 4.69) is 4.98 Å². The van der Waals surface area contributed by atoms with Gasteiger partial charge < -0.3 is 24.8 Å². The van der Waals surface area contributed by atoms with Crippen molar-refractivity contribution in [3.8, 4) is 11.5 Å². The second kappa shape index (κ2) is 10.1. The molecule has 0 unspecified atom stereocenters. The van der Waals surface area contributed by atoms with E-state index in [4.69, 9.17) is 21.1 Å². The Morgan fingerprint density at radius 3 is 2.46 bits per heavy atom. The highest BCUT2D eigenvalue weighted by Crippen LogP contribution is 2.43. The van der Waals surface area contributed by atoms with Gasteiger partial charge in [0.15, 0.2) is 10.9 Å². The van der Waals surface area contributed by atoms with Gasteiger partial charge in [0.25, 0.3) is 0 Å². The molecule has 2 aromatic carbocycles. The number of pyridine rings is 1. The fourth-order valence-corrected chi connectivity index (χ4v) is 5.31. The number of benzene rings is 2. The maximum Gasteiger partial charge on any atom is 0.171 e. The van der Waals surface area contributed by atoms with E-state index in [1.165, 1.54) is 0 Å². The Kier molecular flexibility index (Phi) is 6.95. The third kappa shape index (κ3) is 5.15. The van der Waals surface area contributed by atoms with Gasteiger partial charge in [-0.1, -0.05) is 60.1 Å². The van der Waals surface area contributed by atoms with Gasteiger partial charge in [0.1, 0.15) is 36.3 Å². The molecule has 1 aliphatic heterocycles. The number of aromatic nitrogens is 1. The topological polar surface area (TPSA) is 95.3 Å². The van der Waals surface area contributed by atoms with Gasteiger partial charge in [0.05, 0.1) is 5.69 Å². The summed E-state index contributed by atoms with van der Waals surface area (Å²) < 4.78 is 11.7. The molecule has 5 atom stereocenters. The van der Waals surface area contributed by atoms with Crippen molar-refractivity contribution in [2.75, 3.05) is 19.6 Å². The van der Waals surface area contributed by atoms with Crippen molar-refractivity contribution in [2.24, 2.45) is 5.92 Å². The van der Waals surface area contributed by atoms with Crippen molar-refractivity contribution in [1.29, 1.82) is 0 Å². The third-order valence-electron chi connectivity index (χ3n) is 6.92. The fourth-order valence-electron chi connectivity index (χ4n) is 5.09. The first-order chi connectivity index (χ1) is 16.9. The Labute approximate surface area is 209 Å². The second-order valence-electron chi connectivity index (χ2n) is 9.35. The summed E-state index contributed by atoms with van der Waals surface area (Å²) in [6.07, 6.45) is -1.84. The summed E-state index contributed by atoms with van der Waals surface area (Å²) in [5.41, 5.74) is 0.167. The predicted molar refractivity (Wildman–Crippen MR) is 131 cm³/mol. The Bertz CT molecular complexity index is 1130. The zero-order valence-electron chi connectivity index (χ0n) is 19.2. The molecule has 35 heavy (non-hydrogen) atoms. The van der Waals surface area contributed by atoms with E-state index in [1.54, 1.807) is 12.1 Å². The Morgan fingerprint density at radius 1 is 1.06 bits per heavy atom. The molecule has 0 amide bonds. The van der Waals surface area contributed by atoms with Crippen molar-refractivity contribution in [1.82, 2.24) is 9.88 Å². The predicted octanol–water partition coefficient (Wildman–Crippen LogP) is 3.22. The lowest BCUT2D eigenvalue weighted by Crippen LogP contribution is -2.49. The maximum atomic E-state index is 11.2. The van der Waals surface area contributed by atoms with Crippen LogP contribution in [0.5, 0.6) is 11.5 Å². The molecule has 184 valence electrons. The van der Waals surface area contributed by atoms with Gasteiger partial charge in [-0.15, -0.1) is 0 Å². The number of nitrogens with zero attached hydrogens (tertiary/aromatic N) is 2. The minimum atomic E-state index is -1.28. The zero-order chi connectivity index (χ0) is 24.4. The van der Waals surface area contributed by atoms with Gasteiger partial charge >= 0.3 is 0 Å². The molecule has 8 heteroatoms. The van der Waals surface area contributed by atoms with E-state index in [-0.39, 0.29) is 24.2 Å². The fraction of sp³-hybridized carbons (Fsp3) is 0.370. The van der Waals surface area contributed by atoms with Crippen LogP contribution in [0.15, 0.2) is 72.8 Å². The van der Waals surface area contributed by atoms with Crippen LogP contribution >= 0.6 is 11.6 Å². The smallest absolute Gasteiger partial charge is 0.171 e. The molecular weight excluding hydrogens is 468 g/mol. The van der Waals surface area contributed by atoms with Crippen LogP contribution < -0.4 is 9.47 Å². The van der Waals surface area contributed by atoms with Crippen LogP contribution in [0.4, 0.5) is 0 Å². The zero-order valence-corrected chi connectivity index (χ0v) is 20.0. The first kappa shape index (κ1) is 24.0. The molecule has 1 aliphatic carbocycles. The minimum Gasteiger partial charge on any atom is -0.488 e. The lowest BCUT2D eigenvalue weighted by molar-refractivity contribution is -0.0876.